The number of morpholine rings is 1. The molecule has 1 aromatic heterocycles. The molecule has 49 heavy (non-hydrogen) atoms. The van der Waals surface area contributed by atoms with Crippen LogP contribution in [0.1, 0.15) is 101 Å². The first-order chi connectivity index (χ1) is 24.2. The molecule has 2 aromatic carbocycles. The Kier molecular flexibility index (Phi) is 16.2. The first-order valence-corrected chi connectivity index (χ1v) is 20.0. The lowest BCUT2D eigenvalue weighted by Gasteiger charge is -2.47. The summed E-state index contributed by atoms with van der Waals surface area (Å²) >= 11 is 1.88. The van der Waals surface area contributed by atoms with Crippen LogP contribution in [0.15, 0.2) is 48.5 Å². The SMILES string of the molecule is CCCCOCC1OC(c2cc(Cc3cc4ccccc4s3)ccc2N2CCOCC2)[C@H](OCCCC)C(OCCCC)[C@@H]1OCCCC. The van der Waals surface area contributed by atoms with Crippen LogP contribution in [0, 0.1) is 0 Å². The summed E-state index contributed by atoms with van der Waals surface area (Å²) in [4.78, 5) is 3.82. The summed E-state index contributed by atoms with van der Waals surface area (Å²) in [7, 11) is 0. The minimum Gasteiger partial charge on any atom is -0.379 e. The Labute approximate surface area is 299 Å². The van der Waals surface area contributed by atoms with Gasteiger partial charge in [-0.15, -0.1) is 11.3 Å². The van der Waals surface area contributed by atoms with Crippen LogP contribution < -0.4 is 4.90 Å². The second-order valence-corrected chi connectivity index (χ2v) is 14.7. The number of hydrogen-bond acceptors (Lipinski definition) is 8. The molecule has 5 rings (SSSR count). The maximum atomic E-state index is 7.25. The molecule has 2 aliphatic heterocycles. The summed E-state index contributed by atoms with van der Waals surface area (Å²) < 4.78 is 41.1. The van der Waals surface area contributed by atoms with Crippen LogP contribution in [-0.4, -0.2) is 83.8 Å². The van der Waals surface area contributed by atoms with E-state index < -0.39 is 0 Å². The van der Waals surface area contributed by atoms with E-state index in [0.717, 1.165) is 89.7 Å². The van der Waals surface area contributed by atoms with E-state index in [9.17, 15) is 0 Å². The summed E-state index contributed by atoms with van der Waals surface area (Å²) in [6, 6.07) is 18.0. The van der Waals surface area contributed by atoms with Crippen molar-refractivity contribution < 1.29 is 28.4 Å². The largest absolute Gasteiger partial charge is 0.379 e. The average Bonchev–Trinajstić information content (AvgIpc) is 3.54. The van der Waals surface area contributed by atoms with E-state index in [1.54, 1.807) is 0 Å². The Morgan fingerprint density at radius 3 is 2.08 bits per heavy atom. The van der Waals surface area contributed by atoms with E-state index in [-0.39, 0.29) is 30.5 Å². The normalized spacial score (nSPS) is 23.0. The highest BCUT2D eigenvalue weighted by Gasteiger charge is 2.49. The van der Waals surface area contributed by atoms with Crippen molar-refractivity contribution in [2.24, 2.45) is 0 Å². The fourth-order valence-electron chi connectivity index (χ4n) is 6.77. The third-order valence-electron chi connectivity index (χ3n) is 9.59. The van der Waals surface area contributed by atoms with E-state index in [4.69, 9.17) is 28.4 Å². The number of benzene rings is 2. The first kappa shape index (κ1) is 38.2. The van der Waals surface area contributed by atoms with E-state index in [1.165, 1.54) is 26.2 Å². The quantitative estimate of drug-likeness (QED) is 0.103. The summed E-state index contributed by atoms with van der Waals surface area (Å²) in [5, 5.41) is 1.31. The summed E-state index contributed by atoms with van der Waals surface area (Å²) in [5.74, 6) is 0. The van der Waals surface area contributed by atoms with Crippen molar-refractivity contribution in [1.82, 2.24) is 0 Å². The van der Waals surface area contributed by atoms with Crippen molar-refractivity contribution in [1.29, 1.82) is 0 Å². The van der Waals surface area contributed by atoms with Crippen LogP contribution in [0.5, 0.6) is 0 Å². The molecule has 5 atom stereocenters. The summed E-state index contributed by atoms with van der Waals surface area (Å²) in [5.41, 5.74) is 3.63. The Morgan fingerprint density at radius 2 is 1.39 bits per heavy atom. The monoisotopic (exact) mass is 695 g/mol. The van der Waals surface area contributed by atoms with Crippen molar-refractivity contribution in [2.45, 2.75) is 116 Å². The number of anilines is 1. The van der Waals surface area contributed by atoms with E-state index >= 15 is 0 Å². The van der Waals surface area contributed by atoms with Gasteiger partial charge in [0.2, 0.25) is 0 Å². The zero-order valence-electron chi connectivity index (χ0n) is 30.5. The fourth-order valence-corrected chi connectivity index (χ4v) is 7.87. The maximum Gasteiger partial charge on any atom is 0.117 e. The van der Waals surface area contributed by atoms with Crippen LogP contribution in [0.3, 0.4) is 0 Å². The molecule has 8 heteroatoms. The predicted octanol–water partition coefficient (Wildman–Crippen LogP) is 9.14. The Bertz CT molecular complexity index is 1330. The minimum absolute atomic E-state index is 0.275. The maximum absolute atomic E-state index is 7.25. The fraction of sp³-hybridized carbons (Fsp3) is 0.659. The molecule has 0 saturated carbocycles. The molecular weight excluding hydrogens is 635 g/mol. The molecule has 272 valence electrons. The molecule has 2 fully saturated rings. The van der Waals surface area contributed by atoms with E-state index in [2.05, 4.69) is 81.1 Å². The van der Waals surface area contributed by atoms with Crippen LogP contribution >= 0.6 is 11.3 Å². The van der Waals surface area contributed by atoms with Gasteiger partial charge in [-0.05, 0) is 54.8 Å². The summed E-state index contributed by atoms with van der Waals surface area (Å²) in [6.07, 6.45) is 7.67. The Balaban J connectivity index is 1.55. The Morgan fingerprint density at radius 1 is 0.735 bits per heavy atom. The van der Waals surface area contributed by atoms with Gasteiger partial charge >= 0.3 is 0 Å². The molecule has 0 radical (unpaired) electrons. The minimum atomic E-state index is -0.338. The number of hydrogen-bond donors (Lipinski definition) is 0. The zero-order chi connectivity index (χ0) is 34.3. The standard InChI is InChI=1S/C41H61NO6S/c1-5-9-21-44-30-36-39(45-22-10-6-2)41(47-24-12-8-4)40(46-23-11-7-3)38(48-36)34-28-31(17-18-35(34)42-19-25-43-26-20-42)27-33-29-32-15-13-14-16-37(32)49-33/h13-18,28-29,36,38-41H,5-12,19-27,30H2,1-4H3/t36?,38?,39-,40+,41?/m1/s1. The number of thiophene rings is 1. The van der Waals surface area contributed by atoms with Crippen molar-refractivity contribution in [3.05, 3.63) is 64.5 Å². The smallest absolute Gasteiger partial charge is 0.117 e. The first-order valence-electron chi connectivity index (χ1n) is 19.2. The molecule has 3 heterocycles. The highest BCUT2D eigenvalue weighted by molar-refractivity contribution is 7.19. The van der Waals surface area contributed by atoms with Gasteiger partial charge < -0.3 is 33.3 Å². The molecule has 3 unspecified atom stereocenters. The second kappa shape index (κ2) is 20.7. The van der Waals surface area contributed by atoms with Gasteiger partial charge in [-0.3, -0.25) is 0 Å². The van der Waals surface area contributed by atoms with Crippen molar-refractivity contribution in [3.63, 3.8) is 0 Å². The topological polar surface area (TPSA) is 58.6 Å². The van der Waals surface area contributed by atoms with Gasteiger partial charge in [-0.1, -0.05) is 83.7 Å². The van der Waals surface area contributed by atoms with Crippen LogP contribution in [0.25, 0.3) is 10.1 Å². The molecule has 3 aromatic rings. The molecule has 0 bridgehead atoms. The molecular formula is C41H61NO6S. The molecule has 0 aliphatic carbocycles. The Hall–Kier alpha value is -2.04. The number of unbranched alkanes of at least 4 members (excludes halogenated alkanes) is 4. The highest BCUT2D eigenvalue weighted by atomic mass is 32.1. The van der Waals surface area contributed by atoms with Crippen molar-refractivity contribution in [3.8, 4) is 0 Å². The highest BCUT2D eigenvalue weighted by Crippen LogP contribution is 2.42. The van der Waals surface area contributed by atoms with Gasteiger partial charge in [-0.25, -0.2) is 0 Å². The number of nitrogens with zero attached hydrogens (tertiary/aromatic N) is 1. The molecule has 0 spiro atoms. The van der Waals surface area contributed by atoms with Crippen molar-refractivity contribution >= 4 is 27.1 Å². The van der Waals surface area contributed by atoms with Crippen LogP contribution in [0.2, 0.25) is 0 Å². The van der Waals surface area contributed by atoms with E-state index in [1.807, 2.05) is 11.3 Å². The lowest BCUT2D eigenvalue weighted by atomic mass is 9.88. The molecule has 2 saturated heterocycles. The van der Waals surface area contributed by atoms with Gasteiger partial charge in [0.15, 0.2) is 0 Å². The third-order valence-corrected chi connectivity index (χ3v) is 10.7. The third kappa shape index (κ3) is 10.7. The number of ether oxygens (including phenoxy) is 6. The lowest BCUT2D eigenvalue weighted by Crippen LogP contribution is -2.59. The lowest BCUT2D eigenvalue weighted by molar-refractivity contribution is -0.268. The molecule has 7 nitrogen and oxygen atoms in total. The van der Waals surface area contributed by atoms with Gasteiger partial charge in [0.05, 0.1) is 19.8 Å². The number of fused-ring (bicyclic) bond motifs is 1. The van der Waals surface area contributed by atoms with Gasteiger partial charge in [0, 0.05) is 66.8 Å². The van der Waals surface area contributed by atoms with Gasteiger partial charge in [0.1, 0.15) is 30.5 Å². The van der Waals surface area contributed by atoms with Gasteiger partial charge in [-0.2, -0.15) is 0 Å². The van der Waals surface area contributed by atoms with Gasteiger partial charge in [0.25, 0.3) is 0 Å². The van der Waals surface area contributed by atoms with E-state index in [0.29, 0.717) is 33.0 Å². The molecule has 2 aliphatic rings. The molecule has 0 N–H and O–H groups in total. The predicted molar refractivity (Wildman–Crippen MR) is 201 cm³/mol. The summed E-state index contributed by atoms with van der Waals surface area (Å²) in [6.45, 7) is 15.1. The van der Waals surface area contributed by atoms with Crippen LogP contribution in [-0.2, 0) is 34.8 Å². The zero-order valence-corrected chi connectivity index (χ0v) is 31.4. The van der Waals surface area contributed by atoms with Crippen LogP contribution in [0.4, 0.5) is 5.69 Å². The van der Waals surface area contributed by atoms with Crippen molar-refractivity contribution in [2.75, 3.05) is 64.2 Å². The molecule has 0 amide bonds. The number of rotatable bonds is 21. The second-order valence-electron chi connectivity index (χ2n) is 13.5. The average molecular weight is 696 g/mol.